The summed E-state index contributed by atoms with van der Waals surface area (Å²) in [7, 11) is 0. The highest BCUT2D eigenvalue weighted by Crippen LogP contribution is 2.38. The second-order valence-electron chi connectivity index (χ2n) is 7.16. The van der Waals surface area contributed by atoms with E-state index in [1.807, 2.05) is 18.2 Å². The van der Waals surface area contributed by atoms with Gasteiger partial charge in [0.2, 0.25) is 0 Å². The van der Waals surface area contributed by atoms with Crippen molar-refractivity contribution in [3.63, 3.8) is 0 Å². The lowest BCUT2D eigenvalue weighted by Gasteiger charge is -2.39. The molecule has 126 valence electrons. The van der Waals surface area contributed by atoms with Crippen LogP contribution in [0.25, 0.3) is 0 Å². The Bertz CT molecular complexity index is 500. The van der Waals surface area contributed by atoms with E-state index in [4.69, 9.17) is 4.74 Å². The lowest BCUT2D eigenvalue weighted by Crippen LogP contribution is -2.44. The Morgan fingerprint density at radius 1 is 1.13 bits per heavy atom. The molecule has 1 saturated heterocycles. The summed E-state index contributed by atoms with van der Waals surface area (Å²) in [4.78, 5) is 12.8. The van der Waals surface area contributed by atoms with E-state index in [1.165, 1.54) is 19.3 Å². The SMILES string of the molecule is CCC1CCC(C(=O)OC2(c3ccccc3)CCNCC2)CC1. The predicted octanol–water partition coefficient (Wildman–Crippen LogP) is 4.02. The van der Waals surface area contributed by atoms with Crippen LogP contribution in [-0.2, 0) is 15.1 Å². The molecule has 3 heteroatoms. The van der Waals surface area contributed by atoms with Crippen molar-refractivity contribution in [1.82, 2.24) is 5.32 Å². The number of ether oxygens (including phenoxy) is 1. The van der Waals surface area contributed by atoms with Crippen LogP contribution in [0.15, 0.2) is 30.3 Å². The van der Waals surface area contributed by atoms with Gasteiger partial charge in [-0.05, 0) is 50.3 Å². The summed E-state index contributed by atoms with van der Waals surface area (Å²) in [5.74, 6) is 0.944. The van der Waals surface area contributed by atoms with Gasteiger partial charge < -0.3 is 10.1 Å². The zero-order chi connectivity index (χ0) is 16.1. The molecule has 0 spiro atoms. The number of esters is 1. The van der Waals surface area contributed by atoms with Gasteiger partial charge in [0.05, 0.1) is 5.92 Å². The Hall–Kier alpha value is -1.35. The maximum atomic E-state index is 12.8. The van der Waals surface area contributed by atoms with Crippen LogP contribution in [0.2, 0.25) is 0 Å². The van der Waals surface area contributed by atoms with Crippen molar-refractivity contribution in [3.05, 3.63) is 35.9 Å². The third kappa shape index (κ3) is 3.77. The second-order valence-corrected chi connectivity index (χ2v) is 7.16. The van der Waals surface area contributed by atoms with Crippen LogP contribution in [0.4, 0.5) is 0 Å². The zero-order valence-corrected chi connectivity index (χ0v) is 14.2. The molecule has 23 heavy (non-hydrogen) atoms. The molecule has 0 unspecified atom stereocenters. The first-order valence-electron chi connectivity index (χ1n) is 9.22. The van der Waals surface area contributed by atoms with Crippen molar-refractivity contribution in [2.45, 2.75) is 57.5 Å². The van der Waals surface area contributed by atoms with Crippen LogP contribution in [-0.4, -0.2) is 19.1 Å². The maximum absolute atomic E-state index is 12.8. The quantitative estimate of drug-likeness (QED) is 0.853. The van der Waals surface area contributed by atoms with Gasteiger partial charge in [-0.25, -0.2) is 0 Å². The first-order valence-corrected chi connectivity index (χ1v) is 9.22. The van der Waals surface area contributed by atoms with E-state index in [-0.39, 0.29) is 11.9 Å². The summed E-state index contributed by atoms with van der Waals surface area (Å²) in [5, 5.41) is 3.38. The number of hydrogen-bond acceptors (Lipinski definition) is 3. The van der Waals surface area contributed by atoms with E-state index in [1.54, 1.807) is 0 Å². The minimum atomic E-state index is -0.425. The minimum Gasteiger partial charge on any atom is -0.454 e. The Kier molecular flexibility index (Phi) is 5.37. The maximum Gasteiger partial charge on any atom is 0.309 e. The molecule has 0 aromatic heterocycles. The standard InChI is InChI=1S/C20H29NO2/c1-2-16-8-10-17(11-9-16)19(22)23-20(12-14-21-15-13-20)18-6-4-3-5-7-18/h3-7,16-17,21H,2,8-15H2,1H3. The number of nitrogens with one attached hydrogen (secondary N) is 1. The van der Waals surface area contributed by atoms with E-state index < -0.39 is 5.60 Å². The summed E-state index contributed by atoms with van der Waals surface area (Å²) in [6.07, 6.45) is 7.33. The molecule has 1 aromatic rings. The Balaban J connectivity index is 1.70. The summed E-state index contributed by atoms with van der Waals surface area (Å²) in [5.41, 5.74) is 0.725. The Morgan fingerprint density at radius 2 is 1.78 bits per heavy atom. The van der Waals surface area contributed by atoms with Gasteiger partial charge in [0.1, 0.15) is 5.60 Å². The monoisotopic (exact) mass is 315 g/mol. The molecule has 1 aliphatic heterocycles. The van der Waals surface area contributed by atoms with Crippen LogP contribution in [0.3, 0.4) is 0 Å². The van der Waals surface area contributed by atoms with Gasteiger partial charge in [0.15, 0.2) is 0 Å². The van der Waals surface area contributed by atoms with Crippen molar-refractivity contribution < 1.29 is 9.53 Å². The van der Waals surface area contributed by atoms with Crippen LogP contribution >= 0.6 is 0 Å². The van der Waals surface area contributed by atoms with E-state index in [2.05, 4.69) is 24.4 Å². The average Bonchev–Trinajstić information content (AvgIpc) is 2.63. The number of benzene rings is 1. The van der Waals surface area contributed by atoms with Gasteiger partial charge in [-0.2, -0.15) is 0 Å². The first kappa shape index (κ1) is 16.5. The number of carbonyl (C=O) groups is 1. The minimum absolute atomic E-state index is 0.0327. The Labute approximate surface area is 139 Å². The van der Waals surface area contributed by atoms with Crippen LogP contribution < -0.4 is 5.32 Å². The molecule has 1 heterocycles. The van der Waals surface area contributed by atoms with Gasteiger partial charge in [-0.1, -0.05) is 43.7 Å². The van der Waals surface area contributed by atoms with E-state index in [0.29, 0.717) is 0 Å². The highest BCUT2D eigenvalue weighted by molar-refractivity contribution is 5.73. The number of hydrogen-bond donors (Lipinski definition) is 1. The molecule has 1 aromatic carbocycles. The molecule has 0 bridgehead atoms. The summed E-state index contributed by atoms with van der Waals surface area (Å²) in [6.45, 7) is 4.07. The molecule has 2 aliphatic rings. The van der Waals surface area contributed by atoms with Gasteiger partial charge in [-0.3, -0.25) is 4.79 Å². The van der Waals surface area contributed by atoms with E-state index in [0.717, 1.165) is 50.3 Å². The topological polar surface area (TPSA) is 38.3 Å². The smallest absolute Gasteiger partial charge is 0.309 e. The van der Waals surface area contributed by atoms with Crippen molar-refractivity contribution in [1.29, 1.82) is 0 Å². The molecule has 0 radical (unpaired) electrons. The van der Waals surface area contributed by atoms with Crippen LogP contribution in [0.1, 0.15) is 57.4 Å². The van der Waals surface area contributed by atoms with Gasteiger partial charge in [0, 0.05) is 12.8 Å². The number of carbonyl (C=O) groups excluding carboxylic acids is 1. The van der Waals surface area contributed by atoms with E-state index >= 15 is 0 Å². The van der Waals surface area contributed by atoms with Crippen molar-refractivity contribution in [3.8, 4) is 0 Å². The Morgan fingerprint density at radius 3 is 2.39 bits per heavy atom. The predicted molar refractivity (Wildman–Crippen MR) is 92.1 cm³/mol. The summed E-state index contributed by atoms with van der Waals surface area (Å²) < 4.78 is 6.19. The summed E-state index contributed by atoms with van der Waals surface area (Å²) in [6, 6.07) is 10.3. The molecule has 3 rings (SSSR count). The molecule has 3 nitrogen and oxygen atoms in total. The van der Waals surface area contributed by atoms with Crippen molar-refractivity contribution in [2.24, 2.45) is 11.8 Å². The lowest BCUT2D eigenvalue weighted by atomic mass is 9.80. The highest BCUT2D eigenvalue weighted by Gasteiger charge is 2.39. The lowest BCUT2D eigenvalue weighted by molar-refractivity contribution is -0.171. The van der Waals surface area contributed by atoms with Crippen LogP contribution in [0.5, 0.6) is 0 Å². The van der Waals surface area contributed by atoms with Crippen LogP contribution in [0, 0.1) is 11.8 Å². The number of rotatable bonds is 4. The largest absolute Gasteiger partial charge is 0.454 e. The molecule has 1 saturated carbocycles. The molecular formula is C20H29NO2. The molecule has 1 aliphatic carbocycles. The van der Waals surface area contributed by atoms with E-state index in [9.17, 15) is 4.79 Å². The number of piperidine rings is 1. The zero-order valence-electron chi connectivity index (χ0n) is 14.2. The second kappa shape index (κ2) is 7.48. The fraction of sp³-hybridized carbons (Fsp3) is 0.650. The molecule has 0 amide bonds. The van der Waals surface area contributed by atoms with Gasteiger partial charge in [-0.15, -0.1) is 0 Å². The molecule has 2 fully saturated rings. The third-order valence-electron chi connectivity index (χ3n) is 5.76. The normalized spacial score (nSPS) is 27.3. The third-order valence-corrected chi connectivity index (χ3v) is 5.76. The van der Waals surface area contributed by atoms with Gasteiger partial charge in [0.25, 0.3) is 0 Å². The first-order chi connectivity index (χ1) is 11.2. The highest BCUT2D eigenvalue weighted by atomic mass is 16.6. The van der Waals surface area contributed by atoms with Gasteiger partial charge >= 0.3 is 5.97 Å². The average molecular weight is 315 g/mol. The molecule has 0 atom stereocenters. The molecule has 1 N–H and O–H groups in total. The fourth-order valence-electron chi connectivity index (χ4n) is 4.10. The fourth-order valence-corrected chi connectivity index (χ4v) is 4.10. The molecular weight excluding hydrogens is 286 g/mol. The van der Waals surface area contributed by atoms with Crippen molar-refractivity contribution in [2.75, 3.05) is 13.1 Å². The van der Waals surface area contributed by atoms with Crippen molar-refractivity contribution >= 4 is 5.97 Å². The summed E-state index contributed by atoms with van der Waals surface area (Å²) >= 11 is 0.